The molecule has 1 saturated heterocycles. The smallest absolute Gasteiger partial charge is 0.0794 e. The van der Waals surface area contributed by atoms with Crippen LogP contribution in [0, 0.1) is 0 Å². The molecule has 1 N–H and O–H groups in total. The van der Waals surface area contributed by atoms with E-state index in [1.807, 2.05) is 0 Å². The average molecular weight is 207 g/mol. The highest BCUT2D eigenvalue weighted by atomic mass is 16.5. The summed E-state index contributed by atoms with van der Waals surface area (Å²) in [5.74, 6) is 0. The van der Waals surface area contributed by atoms with Crippen LogP contribution in [0.2, 0.25) is 0 Å². The first-order chi connectivity index (χ1) is 7.42. The van der Waals surface area contributed by atoms with Crippen molar-refractivity contribution in [3.8, 4) is 0 Å². The molecule has 15 heavy (non-hydrogen) atoms. The molecule has 0 spiro atoms. The van der Waals surface area contributed by atoms with Crippen molar-refractivity contribution >= 4 is 0 Å². The Hall–Kier alpha value is -0.870. The maximum Gasteiger partial charge on any atom is 0.0794 e. The molecule has 3 heterocycles. The summed E-state index contributed by atoms with van der Waals surface area (Å²) in [5, 5.41) is 7.93. The summed E-state index contributed by atoms with van der Waals surface area (Å²) in [6.07, 6.45) is 6.08. The van der Waals surface area contributed by atoms with Crippen LogP contribution >= 0.6 is 0 Å². The molecule has 0 radical (unpaired) electrons. The van der Waals surface area contributed by atoms with E-state index in [1.54, 1.807) is 0 Å². The summed E-state index contributed by atoms with van der Waals surface area (Å²) in [7, 11) is 0. The molecule has 1 aromatic heterocycles. The van der Waals surface area contributed by atoms with Crippen molar-refractivity contribution in [2.75, 3.05) is 13.2 Å². The molecular formula is C11H17N3O. The first-order valence-electron chi connectivity index (χ1n) is 5.79. The predicted octanol–water partition coefficient (Wildman–Crippen LogP) is 0.708. The quantitative estimate of drug-likeness (QED) is 0.776. The molecule has 1 atom stereocenters. The molecule has 0 aromatic carbocycles. The highest BCUT2D eigenvalue weighted by Crippen LogP contribution is 2.16. The molecule has 0 unspecified atom stereocenters. The van der Waals surface area contributed by atoms with Gasteiger partial charge in [0.2, 0.25) is 0 Å². The largest absolute Gasteiger partial charge is 0.376 e. The fraction of sp³-hybridized carbons (Fsp3) is 0.727. The summed E-state index contributed by atoms with van der Waals surface area (Å²) >= 11 is 0. The third kappa shape index (κ3) is 1.92. The lowest BCUT2D eigenvalue weighted by molar-refractivity contribution is 0.0939. The van der Waals surface area contributed by atoms with Crippen LogP contribution in [-0.4, -0.2) is 29.0 Å². The summed E-state index contributed by atoms with van der Waals surface area (Å²) in [6, 6.07) is 0. The van der Waals surface area contributed by atoms with E-state index >= 15 is 0 Å². The van der Waals surface area contributed by atoms with Gasteiger partial charge in [0.05, 0.1) is 18.3 Å². The second-order valence-electron chi connectivity index (χ2n) is 4.38. The summed E-state index contributed by atoms with van der Waals surface area (Å²) < 4.78 is 7.68. The minimum Gasteiger partial charge on any atom is -0.376 e. The van der Waals surface area contributed by atoms with Gasteiger partial charge in [0.1, 0.15) is 0 Å². The summed E-state index contributed by atoms with van der Waals surface area (Å²) in [4.78, 5) is 0. The maximum absolute atomic E-state index is 5.61. The van der Waals surface area contributed by atoms with E-state index in [0.29, 0.717) is 6.10 Å². The molecule has 2 aliphatic rings. The van der Waals surface area contributed by atoms with E-state index in [4.69, 9.17) is 4.74 Å². The molecule has 1 fully saturated rings. The van der Waals surface area contributed by atoms with Gasteiger partial charge >= 0.3 is 0 Å². The van der Waals surface area contributed by atoms with Crippen molar-refractivity contribution in [1.29, 1.82) is 0 Å². The van der Waals surface area contributed by atoms with E-state index in [0.717, 1.165) is 32.7 Å². The fourth-order valence-electron chi connectivity index (χ4n) is 2.38. The van der Waals surface area contributed by atoms with Crippen LogP contribution in [0.3, 0.4) is 0 Å². The van der Waals surface area contributed by atoms with E-state index < -0.39 is 0 Å². The van der Waals surface area contributed by atoms with Gasteiger partial charge in [-0.15, -0.1) is 0 Å². The van der Waals surface area contributed by atoms with Gasteiger partial charge in [0, 0.05) is 19.3 Å². The molecule has 4 heteroatoms. The molecule has 0 bridgehead atoms. The van der Waals surface area contributed by atoms with Crippen molar-refractivity contribution in [3.63, 3.8) is 0 Å². The minimum atomic E-state index is 0.388. The Kier molecular flexibility index (Phi) is 2.46. The topological polar surface area (TPSA) is 39.1 Å². The van der Waals surface area contributed by atoms with Gasteiger partial charge in [-0.3, -0.25) is 4.68 Å². The van der Waals surface area contributed by atoms with Crippen LogP contribution < -0.4 is 5.32 Å². The van der Waals surface area contributed by atoms with Crippen LogP contribution in [-0.2, 0) is 24.2 Å². The number of nitrogens with zero attached hydrogens (tertiary/aromatic N) is 2. The van der Waals surface area contributed by atoms with Crippen molar-refractivity contribution in [1.82, 2.24) is 15.1 Å². The van der Waals surface area contributed by atoms with Crippen LogP contribution in [0.4, 0.5) is 0 Å². The monoisotopic (exact) mass is 207 g/mol. The van der Waals surface area contributed by atoms with Gasteiger partial charge in [0.25, 0.3) is 0 Å². The third-order valence-electron chi connectivity index (χ3n) is 3.20. The Morgan fingerprint density at radius 1 is 1.60 bits per heavy atom. The van der Waals surface area contributed by atoms with Gasteiger partial charge in [-0.2, -0.15) is 5.10 Å². The van der Waals surface area contributed by atoms with E-state index in [9.17, 15) is 0 Å². The Morgan fingerprint density at radius 2 is 2.60 bits per heavy atom. The number of hydrogen-bond acceptors (Lipinski definition) is 3. The highest BCUT2D eigenvalue weighted by molar-refractivity contribution is 5.19. The average Bonchev–Trinajstić information content (AvgIpc) is 2.86. The predicted molar refractivity (Wildman–Crippen MR) is 56.6 cm³/mol. The van der Waals surface area contributed by atoms with Crippen molar-refractivity contribution in [2.45, 2.75) is 38.5 Å². The fourth-order valence-corrected chi connectivity index (χ4v) is 2.38. The Morgan fingerprint density at radius 3 is 3.40 bits per heavy atom. The van der Waals surface area contributed by atoms with Crippen LogP contribution in [0.1, 0.15) is 24.1 Å². The number of aromatic nitrogens is 2. The van der Waals surface area contributed by atoms with Crippen molar-refractivity contribution in [2.24, 2.45) is 0 Å². The standard InChI is InChI=1S/C11H17N3O/c1-2-10(15-5-1)8-14-7-9-3-4-12-6-11(9)13-14/h7,10,12H,1-6,8H2/t10-/m0/s1. The zero-order valence-electron chi connectivity index (χ0n) is 8.91. The molecule has 2 aliphatic heterocycles. The molecule has 0 amide bonds. The van der Waals surface area contributed by atoms with E-state index in [-0.39, 0.29) is 0 Å². The lowest BCUT2D eigenvalue weighted by atomic mass is 10.1. The Bertz CT molecular complexity index is 318. The first-order valence-corrected chi connectivity index (χ1v) is 5.79. The summed E-state index contributed by atoms with van der Waals surface area (Å²) in [6.45, 7) is 3.85. The number of fused-ring (bicyclic) bond motifs is 1. The molecule has 3 rings (SSSR count). The first kappa shape index (κ1) is 9.36. The minimum absolute atomic E-state index is 0.388. The molecular weight excluding hydrogens is 190 g/mol. The van der Waals surface area contributed by atoms with Crippen molar-refractivity contribution < 1.29 is 4.74 Å². The maximum atomic E-state index is 5.61. The van der Waals surface area contributed by atoms with E-state index in [1.165, 1.54) is 24.1 Å². The van der Waals surface area contributed by atoms with Gasteiger partial charge in [-0.25, -0.2) is 0 Å². The van der Waals surface area contributed by atoms with Crippen LogP contribution in [0.15, 0.2) is 6.20 Å². The molecule has 0 aliphatic carbocycles. The number of hydrogen-bond donors (Lipinski definition) is 1. The van der Waals surface area contributed by atoms with Crippen LogP contribution in [0.5, 0.6) is 0 Å². The Balaban J connectivity index is 1.72. The van der Waals surface area contributed by atoms with Crippen LogP contribution in [0.25, 0.3) is 0 Å². The van der Waals surface area contributed by atoms with Gasteiger partial charge in [-0.1, -0.05) is 0 Å². The molecule has 1 aromatic rings. The number of ether oxygens (including phenoxy) is 1. The molecule has 82 valence electrons. The third-order valence-corrected chi connectivity index (χ3v) is 3.20. The van der Waals surface area contributed by atoms with Crippen molar-refractivity contribution in [3.05, 3.63) is 17.5 Å². The lowest BCUT2D eigenvalue weighted by Gasteiger charge is -2.09. The second-order valence-corrected chi connectivity index (χ2v) is 4.38. The molecule has 4 nitrogen and oxygen atoms in total. The highest BCUT2D eigenvalue weighted by Gasteiger charge is 2.18. The second kappa shape index (κ2) is 3.94. The number of nitrogens with one attached hydrogen (secondary N) is 1. The Labute approximate surface area is 89.6 Å². The normalized spacial score (nSPS) is 25.5. The van der Waals surface area contributed by atoms with Gasteiger partial charge < -0.3 is 10.1 Å². The zero-order chi connectivity index (χ0) is 10.1. The van der Waals surface area contributed by atoms with Gasteiger partial charge in [-0.05, 0) is 31.4 Å². The zero-order valence-corrected chi connectivity index (χ0v) is 8.91. The van der Waals surface area contributed by atoms with Gasteiger partial charge in [0.15, 0.2) is 0 Å². The summed E-state index contributed by atoms with van der Waals surface area (Å²) in [5.41, 5.74) is 2.63. The van der Waals surface area contributed by atoms with E-state index in [2.05, 4.69) is 21.3 Å². The lowest BCUT2D eigenvalue weighted by Crippen LogP contribution is -2.23. The molecule has 0 saturated carbocycles. The number of rotatable bonds is 2. The SMILES string of the molecule is c1c2c(nn1C[C@@H]1CCCO1)CNCC2.